The zero-order valence-electron chi connectivity index (χ0n) is 20.1. The standard InChI is InChI=1S/C24H26N8O4/c1-34-17-10-14(11-18(35-2)21(17)36-3)31-12-19(27-13-31)29-23-20-15(6-4-8-26-20)28-24(30-23)32-9-5-7-16(32)22(25)33/h4,6,8,10-13,16H,5,7,9H2,1-3H3,(H2,25,33)(H,28,29,30). The molecule has 0 radical (unpaired) electrons. The van der Waals surface area contributed by atoms with Gasteiger partial charge in [-0.15, -0.1) is 0 Å². The van der Waals surface area contributed by atoms with Crippen LogP contribution in [-0.4, -0.2) is 64.3 Å². The third-order valence-electron chi connectivity index (χ3n) is 6.06. The second-order valence-electron chi connectivity index (χ2n) is 8.17. The molecule has 12 nitrogen and oxygen atoms in total. The van der Waals surface area contributed by atoms with Gasteiger partial charge in [0.15, 0.2) is 17.3 Å². The molecule has 0 spiro atoms. The lowest BCUT2D eigenvalue weighted by Gasteiger charge is -2.22. The number of aromatic nitrogens is 5. The molecule has 1 atom stereocenters. The Morgan fingerprint density at radius 3 is 2.58 bits per heavy atom. The number of carbonyl (C=O) groups is 1. The summed E-state index contributed by atoms with van der Waals surface area (Å²) < 4.78 is 18.1. The van der Waals surface area contributed by atoms with Crippen LogP contribution in [0.25, 0.3) is 16.7 Å². The molecule has 36 heavy (non-hydrogen) atoms. The number of hydrogen-bond donors (Lipinski definition) is 2. The number of fused-ring (bicyclic) bond motifs is 1. The minimum atomic E-state index is -0.439. The van der Waals surface area contributed by atoms with Crippen LogP contribution in [0, 0.1) is 0 Å². The molecule has 3 aromatic heterocycles. The summed E-state index contributed by atoms with van der Waals surface area (Å²) in [6.45, 7) is 0.647. The van der Waals surface area contributed by atoms with Gasteiger partial charge in [0.25, 0.3) is 0 Å². The van der Waals surface area contributed by atoms with Crippen LogP contribution in [0.15, 0.2) is 43.0 Å². The molecule has 4 heterocycles. The highest BCUT2D eigenvalue weighted by molar-refractivity contribution is 5.89. The maximum absolute atomic E-state index is 12.0. The van der Waals surface area contributed by atoms with Crippen molar-refractivity contribution in [1.29, 1.82) is 0 Å². The normalized spacial score (nSPS) is 15.2. The number of carbonyl (C=O) groups excluding carboxylic acids is 1. The topological polar surface area (TPSA) is 143 Å². The van der Waals surface area contributed by atoms with E-state index in [1.54, 1.807) is 46.1 Å². The zero-order valence-corrected chi connectivity index (χ0v) is 20.1. The van der Waals surface area contributed by atoms with Crippen LogP contribution < -0.4 is 30.2 Å². The minimum Gasteiger partial charge on any atom is -0.493 e. The molecule has 1 saturated heterocycles. The van der Waals surface area contributed by atoms with Gasteiger partial charge in [0.05, 0.1) is 38.7 Å². The number of ether oxygens (including phenoxy) is 3. The predicted octanol–water partition coefficient (Wildman–Crippen LogP) is 2.43. The van der Waals surface area contributed by atoms with Gasteiger partial charge < -0.3 is 34.7 Å². The number of nitrogens with two attached hydrogens (primary N) is 1. The molecule has 12 heteroatoms. The number of hydrogen-bond acceptors (Lipinski definition) is 10. The molecule has 1 aliphatic heterocycles. The van der Waals surface area contributed by atoms with E-state index in [0.29, 0.717) is 58.8 Å². The maximum Gasteiger partial charge on any atom is 0.240 e. The van der Waals surface area contributed by atoms with Crippen molar-refractivity contribution in [2.24, 2.45) is 5.73 Å². The molecule has 186 valence electrons. The second kappa shape index (κ2) is 9.56. The van der Waals surface area contributed by atoms with Crippen molar-refractivity contribution < 1.29 is 19.0 Å². The molecule has 3 N–H and O–H groups in total. The molecule has 0 aliphatic carbocycles. The van der Waals surface area contributed by atoms with Crippen LogP contribution in [0.1, 0.15) is 12.8 Å². The lowest BCUT2D eigenvalue weighted by Crippen LogP contribution is -2.41. The summed E-state index contributed by atoms with van der Waals surface area (Å²) in [6, 6.07) is 6.86. The first-order valence-electron chi connectivity index (χ1n) is 11.3. The average molecular weight is 491 g/mol. The van der Waals surface area contributed by atoms with Crippen LogP contribution in [0.5, 0.6) is 17.2 Å². The summed E-state index contributed by atoms with van der Waals surface area (Å²) in [4.78, 5) is 32.1. The van der Waals surface area contributed by atoms with Crippen LogP contribution >= 0.6 is 0 Å². The summed E-state index contributed by atoms with van der Waals surface area (Å²) >= 11 is 0. The quantitative estimate of drug-likeness (QED) is 0.378. The molecule has 1 aromatic carbocycles. The number of amides is 1. The maximum atomic E-state index is 12.0. The Morgan fingerprint density at radius 2 is 1.89 bits per heavy atom. The van der Waals surface area contributed by atoms with Gasteiger partial charge in [-0.3, -0.25) is 9.78 Å². The van der Waals surface area contributed by atoms with Crippen molar-refractivity contribution in [2.75, 3.05) is 38.1 Å². The van der Waals surface area contributed by atoms with E-state index in [2.05, 4.69) is 20.3 Å². The van der Waals surface area contributed by atoms with Gasteiger partial charge in [0, 0.05) is 24.9 Å². The van der Waals surface area contributed by atoms with E-state index in [1.165, 1.54) is 0 Å². The number of primary amides is 1. The third-order valence-corrected chi connectivity index (χ3v) is 6.06. The number of methoxy groups -OCH3 is 3. The van der Waals surface area contributed by atoms with E-state index < -0.39 is 6.04 Å². The summed E-state index contributed by atoms with van der Waals surface area (Å²) in [6.07, 6.45) is 6.65. The number of nitrogens with one attached hydrogen (secondary N) is 1. The van der Waals surface area contributed by atoms with E-state index >= 15 is 0 Å². The van der Waals surface area contributed by atoms with Crippen molar-refractivity contribution in [2.45, 2.75) is 18.9 Å². The lowest BCUT2D eigenvalue weighted by molar-refractivity contribution is -0.119. The molecule has 4 aromatic rings. The summed E-state index contributed by atoms with van der Waals surface area (Å²) in [7, 11) is 4.69. The van der Waals surface area contributed by atoms with Crippen molar-refractivity contribution >= 4 is 34.5 Å². The smallest absolute Gasteiger partial charge is 0.240 e. The number of rotatable bonds is 8. The minimum absolute atomic E-state index is 0.388. The summed E-state index contributed by atoms with van der Waals surface area (Å²) in [5.41, 5.74) is 7.60. The highest BCUT2D eigenvalue weighted by atomic mass is 16.5. The Kier molecular flexibility index (Phi) is 6.15. The van der Waals surface area contributed by atoms with E-state index in [4.69, 9.17) is 24.9 Å². The van der Waals surface area contributed by atoms with E-state index in [0.717, 1.165) is 12.1 Å². The van der Waals surface area contributed by atoms with Crippen LogP contribution in [0.3, 0.4) is 0 Å². The molecule has 0 bridgehead atoms. The first-order chi connectivity index (χ1) is 17.5. The summed E-state index contributed by atoms with van der Waals surface area (Å²) in [5.74, 6) is 2.60. The Bertz CT molecular complexity index is 1400. The fourth-order valence-electron chi connectivity index (χ4n) is 4.34. The average Bonchev–Trinajstić information content (AvgIpc) is 3.58. The molecular weight excluding hydrogens is 464 g/mol. The third kappa shape index (κ3) is 4.17. The van der Waals surface area contributed by atoms with Crippen molar-refractivity contribution in [1.82, 2.24) is 24.5 Å². The highest BCUT2D eigenvalue weighted by Crippen LogP contribution is 2.39. The van der Waals surface area contributed by atoms with Gasteiger partial charge in [-0.05, 0) is 25.0 Å². The molecule has 1 aliphatic rings. The van der Waals surface area contributed by atoms with Crippen molar-refractivity contribution in [3.8, 4) is 22.9 Å². The van der Waals surface area contributed by atoms with Crippen molar-refractivity contribution in [3.63, 3.8) is 0 Å². The molecule has 1 amide bonds. The molecule has 1 unspecified atom stereocenters. The molecule has 5 rings (SSSR count). The Balaban J connectivity index is 1.50. The Hall–Kier alpha value is -4.61. The number of imidazole rings is 1. The predicted molar refractivity (Wildman–Crippen MR) is 133 cm³/mol. The lowest BCUT2D eigenvalue weighted by atomic mass is 10.2. The SMILES string of the molecule is COc1cc(-n2cnc(Nc3nc(N4CCCC4C(N)=O)nc4cccnc34)c2)cc(OC)c1OC. The largest absolute Gasteiger partial charge is 0.493 e. The molecule has 1 fully saturated rings. The summed E-state index contributed by atoms with van der Waals surface area (Å²) in [5, 5.41) is 3.25. The number of nitrogens with zero attached hydrogens (tertiary/aromatic N) is 6. The van der Waals surface area contributed by atoms with Gasteiger partial charge in [0.2, 0.25) is 17.6 Å². The van der Waals surface area contributed by atoms with Gasteiger partial charge in [-0.25, -0.2) is 9.97 Å². The van der Waals surface area contributed by atoms with E-state index in [9.17, 15) is 4.79 Å². The molecular formula is C24H26N8O4. The fourth-order valence-corrected chi connectivity index (χ4v) is 4.34. The van der Waals surface area contributed by atoms with Crippen LogP contribution in [0.4, 0.5) is 17.6 Å². The van der Waals surface area contributed by atoms with E-state index in [1.807, 2.05) is 27.7 Å². The monoisotopic (exact) mass is 490 g/mol. The van der Waals surface area contributed by atoms with Crippen molar-refractivity contribution in [3.05, 3.63) is 43.0 Å². The van der Waals surface area contributed by atoms with Gasteiger partial charge in [-0.1, -0.05) is 0 Å². The van der Waals surface area contributed by atoms with Gasteiger partial charge in [-0.2, -0.15) is 4.98 Å². The first-order valence-corrected chi connectivity index (χ1v) is 11.3. The Labute approximate surface area is 207 Å². The zero-order chi connectivity index (χ0) is 25.2. The Morgan fingerprint density at radius 1 is 1.11 bits per heavy atom. The number of pyridine rings is 1. The number of anilines is 3. The van der Waals surface area contributed by atoms with Crippen LogP contribution in [-0.2, 0) is 4.79 Å². The molecule has 0 saturated carbocycles. The van der Waals surface area contributed by atoms with Gasteiger partial charge in [0.1, 0.15) is 23.7 Å². The van der Waals surface area contributed by atoms with E-state index in [-0.39, 0.29) is 5.91 Å². The van der Waals surface area contributed by atoms with Gasteiger partial charge >= 0.3 is 0 Å². The van der Waals surface area contributed by atoms with Crippen LogP contribution in [0.2, 0.25) is 0 Å². The highest BCUT2D eigenvalue weighted by Gasteiger charge is 2.31. The second-order valence-corrected chi connectivity index (χ2v) is 8.17. The number of benzene rings is 1. The first kappa shape index (κ1) is 23.1. The fraction of sp³-hybridized carbons (Fsp3) is 0.292.